The van der Waals surface area contributed by atoms with Crippen LogP contribution in [0, 0.1) is 13.8 Å². The van der Waals surface area contributed by atoms with Crippen LogP contribution in [0.5, 0.6) is 0 Å². The Morgan fingerprint density at radius 3 is 2.64 bits per heavy atom. The van der Waals surface area contributed by atoms with Gasteiger partial charge in [0, 0.05) is 28.1 Å². The van der Waals surface area contributed by atoms with Crippen molar-refractivity contribution in [3.8, 4) is 0 Å². The van der Waals surface area contributed by atoms with Crippen molar-refractivity contribution in [3.63, 3.8) is 0 Å². The number of hydrogen-bond donors (Lipinski definition) is 2. The molecular formula is C17H18BrClN2O. The molecule has 0 saturated carbocycles. The van der Waals surface area contributed by atoms with Gasteiger partial charge >= 0.3 is 0 Å². The van der Waals surface area contributed by atoms with E-state index in [9.17, 15) is 4.79 Å². The van der Waals surface area contributed by atoms with E-state index in [0.29, 0.717) is 18.0 Å². The molecule has 2 aromatic rings. The maximum atomic E-state index is 12.0. The number of carbonyl (C=O) groups excluding carboxylic acids is 1. The summed E-state index contributed by atoms with van der Waals surface area (Å²) in [5.74, 6) is -0.0308. The first-order valence-corrected chi connectivity index (χ1v) is 8.19. The Hall–Kier alpha value is -1.52. The third-order valence-corrected chi connectivity index (χ3v) is 4.16. The van der Waals surface area contributed by atoms with E-state index in [1.54, 1.807) is 0 Å². The molecule has 116 valence electrons. The zero-order valence-corrected chi connectivity index (χ0v) is 14.9. The lowest BCUT2D eigenvalue weighted by atomic mass is 10.2. The Bertz CT molecular complexity index is 688. The maximum absolute atomic E-state index is 12.0. The van der Waals surface area contributed by atoms with Crippen LogP contribution >= 0.6 is 27.5 Å². The fourth-order valence-corrected chi connectivity index (χ4v) is 2.79. The monoisotopic (exact) mass is 380 g/mol. The fraction of sp³-hybridized carbons (Fsp3) is 0.235. The Balaban J connectivity index is 1.86. The molecule has 0 unspecified atom stereocenters. The third-order valence-electron chi connectivity index (χ3n) is 3.27. The molecule has 0 atom stereocenters. The molecule has 0 saturated heterocycles. The molecule has 0 heterocycles. The van der Waals surface area contributed by atoms with Crippen molar-refractivity contribution < 1.29 is 4.79 Å². The standard InChI is InChI=1S/C17H18BrClN2O/c1-11-3-6-15(14(18)9-11)21-17(22)7-8-20-16-10-13(19)5-4-12(16)2/h3-6,9-10,20H,7-8H2,1-2H3,(H,21,22). The number of hydrogen-bond acceptors (Lipinski definition) is 2. The summed E-state index contributed by atoms with van der Waals surface area (Å²) in [6.07, 6.45) is 0.381. The van der Waals surface area contributed by atoms with Gasteiger partial charge in [-0.25, -0.2) is 0 Å². The van der Waals surface area contributed by atoms with Crippen LogP contribution in [-0.4, -0.2) is 12.5 Å². The van der Waals surface area contributed by atoms with Crippen molar-refractivity contribution in [2.24, 2.45) is 0 Å². The lowest BCUT2D eigenvalue weighted by Gasteiger charge is -2.11. The Morgan fingerprint density at radius 2 is 1.91 bits per heavy atom. The highest BCUT2D eigenvalue weighted by molar-refractivity contribution is 9.10. The van der Waals surface area contributed by atoms with Gasteiger partial charge in [0.05, 0.1) is 5.69 Å². The van der Waals surface area contributed by atoms with Crippen molar-refractivity contribution in [2.45, 2.75) is 20.3 Å². The normalized spacial score (nSPS) is 10.4. The second-order valence-corrected chi connectivity index (χ2v) is 6.46. The summed E-state index contributed by atoms with van der Waals surface area (Å²) < 4.78 is 0.888. The molecule has 0 aromatic heterocycles. The maximum Gasteiger partial charge on any atom is 0.226 e. The van der Waals surface area contributed by atoms with Crippen LogP contribution in [0.15, 0.2) is 40.9 Å². The van der Waals surface area contributed by atoms with Gasteiger partial charge in [0.25, 0.3) is 0 Å². The van der Waals surface area contributed by atoms with E-state index in [1.807, 2.05) is 50.2 Å². The molecule has 2 aromatic carbocycles. The Morgan fingerprint density at radius 1 is 1.14 bits per heavy atom. The number of aryl methyl sites for hydroxylation is 2. The summed E-state index contributed by atoms with van der Waals surface area (Å²) in [6.45, 7) is 4.56. The van der Waals surface area contributed by atoms with Gasteiger partial charge in [0.2, 0.25) is 5.91 Å². The zero-order valence-electron chi connectivity index (χ0n) is 12.5. The van der Waals surface area contributed by atoms with E-state index in [2.05, 4.69) is 26.6 Å². The largest absolute Gasteiger partial charge is 0.384 e. The first kappa shape index (κ1) is 16.8. The second-order valence-electron chi connectivity index (χ2n) is 5.17. The van der Waals surface area contributed by atoms with Crippen molar-refractivity contribution >= 4 is 44.8 Å². The van der Waals surface area contributed by atoms with Gasteiger partial charge < -0.3 is 10.6 Å². The number of anilines is 2. The van der Waals surface area contributed by atoms with E-state index in [0.717, 1.165) is 27.0 Å². The lowest BCUT2D eigenvalue weighted by Crippen LogP contribution is -2.16. The number of rotatable bonds is 5. The minimum atomic E-state index is -0.0308. The first-order valence-electron chi connectivity index (χ1n) is 7.02. The molecule has 0 fully saturated rings. The number of nitrogens with one attached hydrogen (secondary N) is 2. The highest BCUT2D eigenvalue weighted by Gasteiger charge is 2.06. The SMILES string of the molecule is Cc1ccc(NC(=O)CCNc2cc(Cl)ccc2C)c(Br)c1. The van der Waals surface area contributed by atoms with Crippen molar-refractivity contribution in [1.82, 2.24) is 0 Å². The van der Waals surface area contributed by atoms with Gasteiger partial charge in [-0.05, 0) is 65.2 Å². The van der Waals surface area contributed by atoms with E-state index in [4.69, 9.17) is 11.6 Å². The fourth-order valence-electron chi connectivity index (χ4n) is 2.03. The smallest absolute Gasteiger partial charge is 0.226 e. The summed E-state index contributed by atoms with van der Waals surface area (Å²) in [5.41, 5.74) is 3.99. The molecule has 0 aliphatic rings. The highest BCUT2D eigenvalue weighted by Crippen LogP contribution is 2.23. The van der Waals surface area contributed by atoms with Crippen molar-refractivity contribution in [3.05, 3.63) is 57.0 Å². The Labute approximate surface area is 144 Å². The van der Waals surface area contributed by atoms with Gasteiger partial charge in [0.15, 0.2) is 0 Å². The molecular weight excluding hydrogens is 364 g/mol. The van der Waals surface area contributed by atoms with E-state index in [1.165, 1.54) is 0 Å². The van der Waals surface area contributed by atoms with Crippen LogP contribution in [-0.2, 0) is 4.79 Å². The van der Waals surface area contributed by atoms with E-state index >= 15 is 0 Å². The molecule has 0 aliphatic carbocycles. The van der Waals surface area contributed by atoms with Crippen LogP contribution in [0.25, 0.3) is 0 Å². The van der Waals surface area contributed by atoms with Crippen LogP contribution in [0.3, 0.4) is 0 Å². The quantitative estimate of drug-likeness (QED) is 0.751. The topological polar surface area (TPSA) is 41.1 Å². The van der Waals surface area contributed by atoms with Gasteiger partial charge in [-0.15, -0.1) is 0 Å². The number of benzene rings is 2. The summed E-state index contributed by atoms with van der Waals surface area (Å²) in [4.78, 5) is 12.0. The average molecular weight is 382 g/mol. The number of amides is 1. The molecule has 2 N–H and O–H groups in total. The van der Waals surface area contributed by atoms with Gasteiger partial charge in [-0.2, -0.15) is 0 Å². The summed E-state index contributed by atoms with van der Waals surface area (Å²) in [7, 11) is 0. The highest BCUT2D eigenvalue weighted by atomic mass is 79.9. The minimum absolute atomic E-state index is 0.0308. The molecule has 0 aliphatic heterocycles. The van der Waals surface area contributed by atoms with Gasteiger partial charge in [-0.3, -0.25) is 4.79 Å². The zero-order chi connectivity index (χ0) is 16.1. The molecule has 5 heteroatoms. The molecule has 2 rings (SSSR count). The van der Waals surface area contributed by atoms with Crippen LogP contribution < -0.4 is 10.6 Å². The predicted molar refractivity (Wildman–Crippen MR) is 96.8 cm³/mol. The minimum Gasteiger partial charge on any atom is -0.384 e. The Kier molecular flexibility index (Phi) is 5.86. The van der Waals surface area contributed by atoms with Gasteiger partial charge in [0.1, 0.15) is 0 Å². The first-order chi connectivity index (χ1) is 10.5. The number of halogens is 2. The molecule has 0 radical (unpaired) electrons. The molecule has 1 amide bonds. The summed E-state index contributed by atoms with van der Waals surface area (Å²) >= 11 is 9.42. The van der Waals surface area contributed by atoms with Crippen LogP contribution in [0.2, 0.25) is 5.02 Å². The van der Waals surface area contributed by atoms with Crippen LogP contribution in [0.4, 0.5) is 11.4 Å². The summed E-state index contributed by atoms with van der Waals surface area (Å²) in [5, 5.41) is 6.82. The number of carbonyl (C=O) groups is 1. The molecule has 3 nitrogen and oxygen atoms in total. The molecule has 0 spiro atoms. The predicted octanol–water partition coefficient (Wildman–Crippen LogP) is 5.16. The third kappa shape index (κ3) is 4.75. The van der Waals surface area contributed by atoms with Gasteiger partial charge in [-0.1, -0.05) is 23.7 Å². The molecule has 0 bridgehead atoms. The van der Waals surface area contributed by atoms with Crippen molar-refractivity contribution in [2.75, 3.05) is 17.2 Å². The summed E-state index contributed by atoms with van der Waals surface area (Å²) in [6, 6.07) is 11.5. The van der Waals surface area contributed by atoms with Crippen LogP contribution in [0.1, 0.15) is 17.5 Å². The second kappa shape index (κ2) is 7.65. The van der Waals surface area contributed by atoms with E-state index < -0.39 is 0 Å². The van der Waals surface area contributed by atoms with E-state index in [-0.39, 0.29) is 5.91 Å². The lowest BCUT2D eigenvalue weighted by molar-refractivity contribution is -0.115. The average Bonchev–Trinajstić information content (AvgIpc) is 2.46. The van der Waals surface area contributed by atoms with Crippen molar-refractivity contribution in [1.29, 1.82) is 0 Å². The molecule has 22 heavy (non-hydrogen) atoms.